The molecule has 1 amide bonds. The van der Waals surface area contributed by atoms with Gasteiger partial charge in [-0.05, 0) is 62.2 Å². The van der Waals surface area contributed by atoms with E-state index in [9.17, 15) is 13.2 Å². The van der Waals surface area contributed by atoms with Crippen LogP contribution in [0.15, 0.2) is 77.7 Å². The first-order valence-electron chi connectivity index (χ1n) is 9.99. The number of amides is 1. The standard InChI is InChI=1S/C24H26N2O4S/c1-4-30-21-10-8-9-20(16-21)25-24(27)17-26(23-15-18(2)13-14-19(23)3)31(28,29)22-11-6-5-7-12-22/h5-16H,4,17H2,1-3H3,(H,25,27). The summed E-state index contributed by atoms with van der Waals surface area (Å²) in [7, 11) is -3.95. The molecule has 0 unspecified atom stereocenters. The lowest BCUT2D eigenvalue weighted by Gasteiger charge is -2.26. The number of benzene rings is 3. The maximum absolute atomic E-state index is 13.4. The van der Waals surface area contributed by atoms with Gasteiger partial charge in [-0.3, -0.25) is 9.10 Å². The van der Waals surface area contributed by atoms with Crippen LogP contribution < -0.4 is 14.4 Å². The molecule has 162 valence electrons. The molecule has 0 aliphatic rings. The summed E-state index contributed by atoms with van der Waals surface area (Å²) in [6.45, 7) is 5.73. The van der Waals surface area contributed by atoms with Crippen LogP contribution in [0.1, 0.15) is 18.1 Å². The number of carbonyl (C=O) groups is 1. The molecule has 0 aliphatic heterocycles. The Morgan fingerprint density at radius 3 is 2.42 bits per heavy atom. The van der Waals surface area contributed by atoms with Gasteiger partial charge in [0.1, 0.15) is 12.3 Å². The molecule has 6 nitrogen and oxygen atoms in total. The first-order chi connectivity index (χ1) is 14.8. The number of aryl methyl sites for hydroxylation is 2. The quantitative estimate of drug-likeness (QED) is 0.560. The lowest BCUT2D eigenvalue weighted by Crippen LogP contribution is -2.38. The predicted molar refractivity (Wildman–Crippen MR) is 123 cm³/mol. The van der Waals surface area contributed by atoms with Crippen LogP contribution in [0.5, 0.6) is 5.75 Å². The molecule has 3 aromatic carbocycles. The highest BCUT2D eigenvalue weighted by atomic mass is 32.2. The predicted octanol–water partition coefficient (Wildman–Crippen LogP) is 4.54. The van der Waals surface area contributed by atoms with Crippen molar-refractivity contribution in [2.24, 2.45) is 0 Å². The number of nitrogens with zero attached hydrogens (tertiary/aromatic N) is 1. The number of nitrogens with one attached hydrogen (secondary N) is 1. The van der Waals surface area contributed by atoms with Crippen molar-refractivity contribution in [1.82, 2.24) is 0 Å². The van der Waals surface area contributed by atoms with E-state index in [1.165, 1.54) is 12.1 Å². The largest absolute Gasteiger partial charge is 0.494 e. The van der Waals surface area contributed by atoms with Crippen LogP contribution in [0.2, 0.25) is 0 Å². The summed E-state index contributed by atoms with van der Waals surface area (Å²) in [6.07, 6.45) is 0. The summed E-state index contributed by atoms with van der Waals surface area (Å²) in [6, 6.07) is 20.6. The zero-order valence-electron chi connectivity index (χ0n) is 17.8. The Morgan fingerprint density at radius 2 is 1.71 bits per heavy atom. The van der Waals surface area contributed by atoms with Crippen LogP contribution in [0.4, 0.5) is 11.4 Å². The summed E-state index contributed by atoms with van der Waals surface area (Å²) >= 11 is 0. The molecule has 0 aromatic heterocycles. The number of hydrogen-bond donors (Lipinski definition) is 1. The van der Waals surface area contributed by atoms with Gasteiger partial charge in [-0.2, -0.15) is 0 Å². The van der Waals surface area contributed by atoms with Gasteiger partial charge < -0.3 is 10.1 Å². The van der Waals surface area contributed by atoms with Crippen molar-refractivity contribution in [3.63, 3.8) is 0 Å². The number of hydrogen-bond acceptors (Lipinski definition) is 4. The Bertz CT molecular complexity index is 1160. The third-order valence-electron chi connectivity index (χ3n) is 4.68. The number of sulfonamides is 1. The monoisotopic (exact) mass is 438 g/mol. The molecule has 0 radical (unpaired) electrons. The molecular formula is C24H26N2O4S. The minimum Gasteiger partial charge on any atom is -0.494 e. The summed E-state index contributed by atoms with van der Waals surface area (Å²) < 4.78 is 33.5. The van der Waals surface area contributed by atoms with Gasteiger partial charge in [0, 0.05) is 11.8 Å². The molecule has 0 aliphatic carbocycles. The number of carbonyl (C=O) groups excluding carboxylic acids is 1. The van der Waals surface area contributed by atoms with E-state index in [1.54, 1.807) is 48.5 Å². The van der Waals surface area contributed by atoms with Crippen LogP contribution >= 0.6 is 0 Å². The minimum atomic E-state index is -3.95. The van der Waals surface area contributed by atoms with Crippen molar-refractivity contribution in [2.75, 3.05) is 22.8 Å². The van der Waals surface area contributed by atoms with E-state index < -0.39 is 15.9 Å². The fourth-order valence-corrected chi connectivity index (χ4v) is 4.67. The third-order valence-corrected chi connectivity index (χ3v) is 6.45. The minimum absolute atomic E-state index is 0.127. The van der Waals surface area contributed by atoms with Crippen molar-refractivity contribution >= 4 is 27.3 Å². The average molecular weight is 439 g/mol. The fourth-order valence-electron chi connectivity index (χ4n) is 3.17. The zero-order chi connectivity index (χ0) is 22.4. The second-order valence-corrected chi connectivity index (χ2v) is 8.99. The molecule has 0 saturated heterocycles. The molecule has 0 bridgehead atoms. The van der Waals surface area contributed by atoms with Gasteiger partial charge in [-0.15, -0.1) is 0 Å². The summed E-state index contributed by atoms with van der Waals surface area (Å²) in [5.41, 5.74) is 2.67. The molecule has 0 saturated carbocycles. The highest BCUT2D eigenvalue weighted by Gasteiger charge is 2.28. The van der Waals surface area contributed by atoms with Gasteiger partial charge in [0.15, 0.2) is 0 Å². The van der Waals surface area contributed by atoms with E-state index in [4.69, 9.17) is 4.74 Å². The Kier molecular flexibility index (Phi) is 6.97. The van der Waals surface area contributed by atoms with Gasteiger partial charge in [0.2, 0.25) is 5.91 Å². The highest BCUT2D eigenvalue weighted by Crippen LogP contribution is 2.28. The Labute approximate surface area is 183 Å². The van der Waals surface area contributed by atoms with E-state index in [0.717, 1.165) is 15.4 Å². The van der Waals surface area contributed by atoms with Crippen LogP contribution in [0, 0.1) is 13.8 Å². The van der Waals surface area contributed by atoms with E-state index in [-0.39, 0.29) is 11.4 Å². The second-order valence-electron chi connectivity index (χ2n) is 7.12. The lowest BCUT2D eigenvalue weighted by atomic mass is 10.1. The third kappa shape index (κ3) is 5.44. The van der Waals surface area contributed by atoms with E-state index in [1.807, 2.05) is 32.9 Å². The Balaban J connectivity index is 1.94. The molecule has 0 spiro atoms. The highest BCUT2D eigenvalue weighted by molar-refractivity contribution is 7.92. The smallest absolute Gasteiger partial charge is 0.264 e. The van der Waals surface area contributed by atoms with Gasteiger partial charge >= 0.3 is 0 Å². The zero-order valence-corrected chi connectivity index (χ0v) is 18.6. The average Bonchev–Trinajstić information content (AvgIpc) is 2.75. The second kappa shape index (κ2) is 9.66. The van der Waals surface area contributed by atoms with Crippen LogP contribution in [-0.2, 0) is 14.8 Å². The topological polar surface area (TPSA) is 75.7 Å². The Hall–Kier alpha value is -3.32. The number of anilines is 2. The van der Waals surface area contributed by atoms with Crippen molar-refractivity contribution in [2.45, 2.75) is 25.7 Å². The van der Waals surface area contributed by atoms with E-state index in [0.29, 0.717) is 23.7 Å². The van der Waals surface area contributed by atoms with Crippen LogP contribution in [0.3, 0.4) is 0 Å². The molecule has 0 heterocycles. The first kappa shape index (κ1) is 22.4. The summed E-state index contributed by atoms with van der Waals surface area (Å²) in [5.74, 6) is 0.178. The van der Waals surface area contributed by atoms with Gasteiger partial charge in [-0.1, -0.05) is 36.4 Å². The lowest BCUT2D eigenvalue weighted by molar-refractivity contribution is -0.114. The SMILES string of the molecule is CCOc1cccc(NC(=O)CN(c2cc(C)ccc2C)S(=O)(=O)c2ccccc2)c1. The molecule has 0 fully saturated rings. The van der Waals surface area contributed by atoms with Crippen molar-refractivity contribution in [1.29, 1.82) is 0 Å². The van der Waals surface area contributed by atoms with Crippen LogP contribution in [0.25, 0.3) is 0 Å². The van der Waals surface area contributed by atoms with E-state index >= 15 is 0 Å². The van der Waals surface area contributed by atoms with Crippen molar-refractivity contribution in [3.05, 3.63) is 83.9 Å². The maximum Gasteiger partial charge on any atom is 0.264 e. The molecule has 1 N–H and O–H groups in total. The fraction of sp³-hybridized carbons (Fsp3) is 0.208. The van der Waals surface area contributed by atoms with Crippen molar-refractivity contribution in [3.8, 4) is 5.75 Å². The first-order valence-corrected chi connectivity index (χ1v) is 11.4. The molecule has 3 aromatic rings. The van der Waals surface area contributed by atoms with Crippen LogP contribution in [-0.4, -0.2) is 27.5 Å². The molecule has 7 heteroatoms. The van der Waals surface area contributed by atoms with Crippen molar-refractivity contribution < 1.29 is 17.9 Å². The molecule has 31 heavy (non-hydrogen) atoms. The normalized spacial score (nSPS) is 11.1. The summed E-state index contributed by atoms with van der Waals surface area (Å²) in [5, 5.41) is 2.77. The molecule has 0 atom stereocenters. The summed E-state index contributed by atoms with van der Waals surface area (Å²) in [4.78, 5) is 13.0. The molecule has 3 rings (SSSR count). The van der Waals surface area contributed by atoms with Gasteiger partial charge in [0.25, 0.3) is 10.0 Å². The maximum atomic E-state index is 13.4. The Morgan fingerprint density at radius 1 is 0.968 bits per heavy atom. The van der Waals surface area contributed by atoms with Gasteiger partial charge in [0.05, 0.1) is 17.2 Å². The molecular weight excluding hydrogens is 412 g/mol. The van der Waals surface area contributed by atoms with Gasteiger partial charge in [-0.25, -0.2) is 8.42 Å². The number of rotatable bonds is 8. The van der Waals surface area contributed by atoms with E-state index in [2.05, 4.69) is 5.32 Å². The number of ether oxygens (including phenoxy) is 1.